The number of nitrogens with one attached hydrogen (secondary N) is 1. The normalized spacial score (nSPS) is 20.3. The van der Waals surface area contributed by atoms with Gasteiger partial charge in [0.1, 0.15) is 0 Å². The van der Waals surface area contributed by atoms with Crippen LogP contribution < -0.4 is 5.32 Å². The van der Waals surface area contributed by atoms with Crippen LogP contribution in [0.15, 0.2) is 22.5 Å². The number of hydrogen-bond acceptors (Lipinski definition) is 5. The molecule has 1 aliphatic carbocycles. The molecule has 1 fully saturated rings. The summed E-state index contributed by atoms with van der Waals surface area (Å²) in [6, 6.07) is 5.42. The highest BCUT2D eigenvalue weighted by molar-refractivity contribution is 8.00. The maximum atomic E-state index is 12.2. The van der Waals surface area contributed by atoms with Gasteiger partial charge in [0.05, 0.1) is 0 Å². The number of amides is 1. The fourth-order valence-electron chi connectivity index (χ4n) is 2.18. The molecule has 1 amide bonds. The van der Waals surface area contributed by atoms with Crippen molar-refractivity contribution >= 4 is 57.3 Å². The molecule has 3 rings (SSSR count). The Bertz CT molecular complexity index is 672. The third-order valence-electron chi connectivity index (χ3n) is 3.25. The van der Waals surface area contributed by atoms with Crippen molar-refractivity contribution in [3.8, 4) is 0 Å². The van der Waals surface area contributed by atoms with E-state index in [2.05, 4.69) is 15.5 Å². The standard InChI is InChI=1S/C13H11Cl2N3OS2/c1-20-13-18-17-12(21-13)16-11(19)10-5-9(10)6-2-7(14)4-8(15)3-6/h2-4,9-10H,5H2,1H3,(H,16,17,19)/t9-,10+/m0/s1. The Morgan fingerprint density at radius 1 is 1.33 bits per heavy atom. The molecule has 8 heteroatoms. The maximum absolute atomic E-state index is 12.2. The maximum Gasteiger partial charge on any atom is 0.229 e. The van der Waals surface area contributed by atoms with Crippen molar-refractivity contribution in [3.05, 3.63) is 33.8 Å². The van der Waals surface area contributed by atoms with Crippen molar-refractivity contribution in [3.63, 3.8) is 0 Å². The third kappa shape index (κ3) is 3.51. The highest BCUT2D eigenvalue weighted by Crippen LogP contribution is 2.49. The average Bonchev–Trinajstić information content (AvgIpc) is 3.12. The predicted octanol–water partition coefficient (Wildman–Crippen LogP) is 4.31. The molecule has 0 unspecified atom stereocenters. The first kappa shape index (κ1) is 15.1. The number of anilines is 1. The molecular formula is C13H11Cl2N3OS2. The zero-order valence-corrected chi connectivity index (χ0v) is 14.1. The smallest absolute Gasteiger partial charge is 0.229 e. The quantitative estimate of drug-likeness (QED) is 0.652. The fraction of sp³-hybridized carbons (Fsp3) is 0.308. The number of rotatable bonds is 4. The van der Waals surface area contributed by atoms with Gasteiger partial charge in [-0.2, -0.15) is 0 Å². The van der Waals surface area contributed by atoms with E-state index in [1.54, 1.807) is 6.07 Å². The molecule has 1 aromatic heterocycles. The summed E-state index contributed by atoms with van der Waals surface area (Å²) < 4.78 is 0.833. The Morgan fingerprint density at radius 2 is 2.05 bits per heavy atom. The third-order valence-corrected chi connectivity index (χ3v) is 5.50. The summed E-state index contributed by atoms with van der Waals surface area (Å²) in [5.74, 6) is 0.0928. The molecule has 0 radical (unpaired) electrons. The molecule has 0 saturated heterocycles. The van der Waals surface area contributed by atoms with Crippen LogP contribution in [-0.4, -0.2) is 22.4 Å². The van der Waals surface area contributed by atoms with E-state index in [1.165, 1.54) is 23.1 Å². The van der Waals surface area contributed by atoms with Gasteiger partial charge in [0.25, 0.3) is 0 Å². The molecule has 0 aliphatic heterocycles. The molecule has 0 spiro atoms. The van der Waals surface area contributed by atoms with E-state index in [9.17, 15) is 4.79 Å². The summed E-state index contributed by atoms with van der Waals surface area (Å²) in [5.41, 5.74) is 1.01. The second-order valence-corrected chi connectivity index (χ2v) is 7.62. The topological polar surface area (TPSA) is 54.9 Å². The van der Waals surface area contributed by atoms with Crippen molar-refractivity contribution in [2.75, 3.05) is 11.6 Å². The van der Waals surface area contributed by atoms with E-state index in [-0.39, 0.29) is 17.7 Å². The highest BCUT2D eigenvalue weighted by Gasteiger charge is 2.44. The lowest BCUT2D eigenvalue weighted by atomic mass is 10.1. The minimum Gasteiger partial charge on any atom is -0.300 e. The summed E-state index contributed by atoms with van der Waals surface area (Å²) in [6.07, 6.45) is 2.72. The highest BCUT2D eigenvalue weighted by atomic mass is 35.5. The number of carbonyl (C=O) groups is 1. The second kappa shape index (κ2) is 6.12. The van der Waals surface area contributed by atoms with E-state index < -0.39 is 0 Å². The van der Waals surface area contributed by atoms with Crippen molar-refractivity contribution in [2.24, 2.45) is 5.92 Å². The number of halogens is 2. The summed E-state index contributed by atoms with van der Waals surface area (Å²) in [5, 5.41) is 12.4. The summed E-state index contributed by atoms with van der Waals surface area (Å²) >= 11 is 14.9. The van der Waals surface area contributed by atoms with Crippen LogP contribution >= 0.6 is 46.3 Å². The van der Waals surface area contributed by atoms with Gasteiger partial charge in [-0.05, 0) is 42.4 Å². The molecule has 1 aromatic carbocycles. The second-order valence-electron chi connectivity index (χ2n) is 4.72. The number of aromatic nitrogens is 2. The Kier molecular flexibility index (Phi) is 4.40. The van der Waals surface area contributed by atoms with Crippen LogP contribution in [0.5, 0.6) is 0 Å². The van der Waals surface area contributed by atoms with Gasteiger partial charge >= 0.3 is 0 Å². The molecule has 0 bridgehead atoms. The zero-order valence-electron chi connectivity index (χ0n) is 11.0. The first-order valence-corrected chi connectivity index (χ1v) is 9.01. The van der Waals surface area contributed by atoms with Gasteiger partial charge in [-0.25, -0.2) is 0 Å². The summed E-state index contributed by atoms with van der Waals surface area (Å²) in [4.78, 5) is 12.2. The van der Waals surface area contributed by atoms with Crippen LogP contribution in [0.3, 0.4) is 0 Å². The Morgan fingerprint density at radius 3 is 2.67 bits per heavy atom. The van der Waals surface area contributed by atoms with Gasteiger partial charge in [-0.1, -0.05) is 46.3 Å². The van der Waals surface area contributed by atoms with Crippen molar-refractivity contribution in [1.82, 2.24) is 10.2 Å². The first-order valence-electron chi connectivity index (χ1n) is 6.21. The van der Waals surface area contributed by atoms with Gasteiger partial charge in [0.15, 0.2) is 4.34 Å². The largest absolute Gasteiger partial charge is 0.300 e. The van der Waals surface area contributed by atoms with Gasteiger partial charge in [0, 0.05) is 16.0 Å². The lowest BCUT2D eigenvalue weighted by Crippen LogP contribution is -2.14. The molecule has 4 nitrogen and oxygen atoms in total. The number of thioether (sulfide) groups is 1. The van der Waals surface area contributed by atoms with Gasteiger partial charge in [-0.15, -0.1) is 10.2 Å². The fourth-order valence-corrected chi connectivity index (χ4v) is 3.90. The van der Waals surface area contributed by atoms with Crippen LogP contribution in [0.2, 0.25) is 10.0 Å². The monoisotopic (exact) mass is 359 g/mol. The molecule has 1 heterocycles. The summed E-state index contributed by atoms with van der Waals surface area (Å²) in [7, 11) is 0. The minimum absolute atomic E-state index is 0.0279. The molecule has 2 aromatic rings. The van der Waals surface area contributed by atoms with E-state index in [1.807, 2.05) is 18.4 Å². The van der Waals surface area contributed by atoms with E-state index in [4.69, 9.17) is 23.2 Å². The van der Waals surface area contributed by atoms with Gasteiger partial charge in [0.2, 0.25) is 11.0 Å². The van der Waals surface area contributed by atoms with E-state index >= 15 is 0 Å². The van der Waals surface area contributed by atoms with Crippen molar-refractivity contribution in [2.45, 2.75) is 16.7 Å². The van der Waals surface area contributed by atoms with Crippen molar-refractivity contribution < 1.29 is 4.79 Å². The Balaban J connectivity index is 1.65. The van der Waals surface area contributed by atoms with Crippen LogP contribution in [0.25, 0.3) is 0 Å². The lowest BCUT2D eigenvalue weighted by molar-refractivity contribution is -0.117. The number of hydrogen-bond donors (Lipinski definition) is 1. The number of benzene rings is 1. The number of nitrogens with zero attached hydrogens (tertiary/aromatic N) is 2. The van der Waals surface area contributed by atoms with E-state index in [0.717, 1.165) is 16.3 Å². The molecule has 2 atom stereocenters. The van der Waals surface area contributed by atoms with Gasteiger partial charge in [-0.3, -0.25) is 4.79 Å². The SMILES string of the molecule is CSc1nnc(NC(=O)[C@@H]2C[C@H]2c2cc(Cl)cc(Cl)c2)s1. The predicted molar refractivity (Wildman–Crippen MR) is 87.6 cm³/mol. The molecule has 21 heavy (non-hydrogen) atoms. The van der Waals surface area contributed by atoms with Gasteiger partial charge < -0.3 is 5.32 Å². The minimum atomic E-state index is -0.0545. The number of carbonyl (C=O) groups excluding carboxylic acids is 1. The van der Waals surface area contributed by atoms with Crippen LogP contribution in [0, 0.1) is 5.92 Å². The van der Waals surface area contributed by atoms with Crippen LogP contribution in [-0.2, 0) is 4.79 Å². The summed E-state index contributed by atoms with van der Waals surface area (Å²) in [6.45, 7) is 0. The van der Waals surface area contributed by atoms with Crippen LogP contribution in [0.1, 0.15) is 17.9 Å². The van der Waals surface area contributed by atoms with Crippen LogP contribution in [0.4, 0.5) is 5.13 Å². The zero-order chi connectivity index (χ0) is 15.0. The Labute approximate surface area is 140 Å². The lowest BCUT2D eigenvalue weighted by Gasteiger charge is -2.03. The first-order chi connectivity index (χ1) is 10.1. The molecule has 1 aliphatic rings. The molecule has 110 valence electrons. The molecule has 1 N–H and O–H groups in total. The Hall–Kier alpha value is -0.820. The average molecular weight is 360 g/mol. The van der Waals surface area contributed by atoms with E-state index in [0.29, 0.717) is 15.2 Å². The van der Waals surface area contributed by atoms with Crippen molar-refractivity contribution in [1.29, 1.82) is 0 Å². The molecular weight excluding hydrogens is 349 g/mol. The molecule has 1 saturated carbocycles.